The van der Waals surface area contributed by atoms with Gasteiger partial charge < -0.3 is 5.73 Å². The molecule has 2 aromatic carbocycles. The van der Waals surface area contributed by atoms with Crippen LogP contribution in [0.5, 0.6) is 0 Å². The predicted molar refractivity (Wildman–Crippen MR) is 64.7 cm³/mol. The first kappa shape index (κ1) is 12.9. The third-order valence-corrected chi connectivity index (χ3v) is 2.93. The van der Waals surface area contributed by atoms with E-state index in [0.29, 0.717) is 22.7 Å². The second-order valence-corrected chi connectivity index (χ2v) is 4.16. The Bertz CT molecular complexity index is 576. The quantitative estimate of drug-likeness (QED) is 0.881. The molecule has 0 unspecified atom stereocenters. The minimum Gasteiger partial charge on any atom is -0.326 e. The van der Waals surface area contributed by atoms with E-state index in [-0.39, 0.29) is 17.7 Å². The summed E-state index contributed by atoms with van der Waals surface area (Å²) in [6.45, 7) is 0.150. The van der Waals surface area contributed by atoms with Crippen LogP contribution in [0.25, 0.3) is 11.1 Å². The van der Waals surface area contributed by atoms with Crippen LogP contribution in [0.3, 0.4) is 0 Å². The number of benzene rings is 2. The summed E-state index contributed by atoms with van der Waals surface area (Å²) >= 11 is 5.86. The molecule has 0 saturated heterocycles. The lowest BCUT2D eigenvalue weighted by molar-refractivity contribution is 0.548. The van der Waals surface area contributed by atoms with Gasteiger partial charge in [0.15, 0.2) is 0 Å². The Hall–Kier alpha value is -1.52. The van der Waals surface area contributed by atoms with Gasteiger partial charge in [-0.05, 0) is 23.3 Å². The molecule has 0 fully saturated rings. The van der Waals surface area contributed by atoms with Crippen LogP contribution in [0.1, 0.15) is 5.56 Å². The van der Waals surface area contributed by atoms with Crippen molar-refractivity contribution in [2.75, 3.05) is 0 Å². The summed E-state index contributed by atoms with van der Waals surface area (Å²) in [7, 11) is 0. The number of halogens is 4. The molecular formula is C13H9ClF3N. The molecule has 0 aromatic heterocycles. The van der Waals surface area contributed by atoms with Gasteiger partial charge in [0.1, 0.15) is 17.5 Å². The summed E-state index contributed by atoms with van der Waals surface area (Å²) < 4.78 is 40.0. The predicted octanol–water partition coefficient (Wildman–Crippen LogP) is 3.88. The van der Waals surface area contributed by atoms with Crippen molar-refractivity contribution in [2.24, 2.45) is 5.73 Å². The first-order valence-corrected chi connectivity index (χ1v) is 5.54. The molecule has 5 heteroatoms. The second-order valence-electron chi connectivity index (χ2n) is 3.75. The van der Waals surface area contributed by atoms with Gasteiger partial charge in [0.2, 0.25) is 0 Å². The van der Waals surface area contributed by atoms with Crippen molar-refractivity contribution < 1.29 is 13.2 Å². The zero-order chi connectivity index (χ0) is 13.3. The van der Waals surface area contributed by atoms with E-state index in [1.54, 1.807) is 0 Å². The van der Waals surface area contributed by atoms with Gasteiger partial charge in [-0.1, -0.05) is 17.7 Å². The summed E-state index contributed by atoms with van der Waals surface area (Å²) in [5.74, 6) is -2.88. The Morgan fingerprint density at radius 2 is 1.61 bits per heavy atom. The van der Waals surface area contributed by atoms with Crippen LogP contribution < -0.4 is 5.73 Å². The monoisotopic (exact) mass is 271 g/mol. The number of hydrogen-bond acceptors (Lipinski definition) is 1. The van der Waals surface area contributed by atoms with E-state index in [9.17, 15) is 13.2 Å². The van der Waals surface area contributed by atoms with Crippen LogP contribution in [0, 0.1) is 17.5 Å². The van der Waals surface area contributed by atoms with Crippen LogP contribution in [0.15, 0.2) is 30.3 Å². The van der Waals surface area contributed by atoms with Crippen molar-refractivity contribution in [1.29, 1.82) is 0 Å². The molecule has 0 saturated carbocycles. The normalized spacial score (nSPS) is 10.7. The SMILES string of the molecule is NCc1cc(-c2c(F)cc(F)cc2F)ccc1Cl. The van der Waals surface area contributed by atoms with Crippen LogP contribution in [0.4, 0.5) is 13.2 Å². The van der Waals surface area contributed by atoms with E-state index in [0.717, 1.165) is 0 Å². The molecular weight excluding hydrogens is 263 g/mol. The fourth-order valence-corrected chi connectivity index (χ4v) is 1.90. The first-order valence-electron chi connectivity index (χ1n) is 5.16. The van der Waals surface area contributed by atoms with Gasteiger partial charge in [-0.15, -0.1) is 0 Å². The molecule has 0 atom stereocenters. The van der Waals surface area contributed by atoms with E-state index >= 15 is 0 Å². The van der Waals surface area contributed by atoms with Gasteiger partial charge in [0, 0.05) is 23.7 Å². The largest absolute Gasteiger partial charge is 0.326 e. The second kappa shape index (κ2) is 5.00. The van der Waals surface area contributed by atoms with Gasteiger partial charge in [-0.3, -0.25) is 0 Å². The molecule has 0 radical (unpaired) electrons. The molecule has 0 aliphatic carbocycles. The molecule has 1 nitrogen and oxygen atoms in total. The molecule has 94 valence electrons. The van der Waals surface area contributed by atoms with E-state index in [1.807, 2.05) is 0 Å². The van der Waals surface area contributed by atoms with Gasteiger partial charge in [0.05, 0.1) is 5.56 Å². The van der Waals surface area contributed by atoms with E-state index in [2.05, 4.69) is 0 Å². The van der Waals surface area contributed by atoms with Crippen molar-refractivity contribution in [3.8, 4) is 11.1 Å². The smallest absolute Gasteiger partial charge is 0.136 e. The highest BCUT2D eigenvalue weighted by Gasteiger charge is 2.14. The number of hydrogen-bond donors (Lipinski definition) is 1. The fraction of sp³-hybridized carbons (Fsp3) is 0.0769. The molecule has 0 amide bonds. The molecule has 0 heterocycles. The Morgan fingerprint density at radius 3 is 2.17 bits per heavy atom. The number of nitrogens with two attached hydrogens (primary N) is 1. The molecule has 0 aliphatic heterocycles. The van der Waals surface area contributed by atoms with Crippen LogP contribution in [-0.4, -0.2) is 0 Å². The van der Waals surface area contributed by atoms with Gasteiger partial charge in [-0.25, -0.2) is 13.2 Å². The fourth-order valence-electron chi connectivity index (χ4n) is 1.70. The van der Waals surface area contributed by atoms with E-state index in [4.69, 9.17) is 17.3 Å². The highest BCUT2D eigenvalue weighted by atomic mass is 35.5. The molecule has 2 aromatic rings. The van der Waals surface area contributed by atoms with Crippen molar-refractivity contribution >= 4 is 11.6 Å². The summed E-state index contributed by atoms with van der Waals surface area (Å²) in [5.41, 5.74) is 6.02. The lowest BCUT2D eigenvalue weighted by atomic mass is 10.0. The third kappa shape index (κ3) is 2.35. The van der Waals surface area contributed by atoms with Crippen molar-refractivity contribution in [3.05, 3.63) is 58.4 Å². The maximum Gasteiger partial charge on any atom is 0.136 e. The van der Waals surface area contributed by atoms with E-state index in [1.165, 1.54) is 18.2 Å². The first-order chi connectivity index (χ1) is 8.52. The Labute approximate surface area is 107 Å². The van der Waals surface area contributed by atoms with Crippen molar-refractivity contribution in [1.82, 2.24) is 0 Å². The van der Waals surface area contributed by atoms with Crippen LogP contribution in [0.2, 0.25) is 5.02 Å². The molecule has 0 aliphatic rings. The highest BCUT2D eigenvalue weighted by molar-refractivity contribution is 6.31. The lowest BCUT2D eigenvalue weighted by Crippen LogP contribution is -1.99. The van der Waals surface area contributed by atoms with Gasteiger partial charge >= 0.3 is 0 Å². The summed E-state index contributed by atoms with van der Waals surface area (Å²) in [4.78, 5) is 0. The standard InChI is InChI=1S/C13H9ClF3N/c14-10-2-1-7(3-8(10)6-18)13-11(16)4-9(15)5-12(13)17/h1-5H,6,18H2. The summed E-state index contributed by atoms with van der Waals surface area (Å²) in [6.07, 6.45) is 0. The van der Waals surface area contributed by atoms with Gasteiger partial charge in [0.25, 0.3) is 0 Å². The topological polar surface area (TPSA) is 26.0 Å². The Balaban J connectivity index is 2.62. The highest BCUT2D eigenvalue weighted by Crippen LogP contribution is 2.29. The molecule has 0 bridgehead atoms. The maximum absolute atomic E-state index is 13.6. The molecule has 2 rings (SSSR count). The third-order valence-electron chi connectivity index (χ3n) is 2.56. The molecule has 0 spiro atoms. The van der Waals surface area contributed by atoms with Crippen molar-refractivity contribution in [2.45, 2.75) is 6.54 Å². The maximum atomic E-state index is 13.6. The van der Waals surface area contributed by atoms with Crippen LogP contribution >= 0.6 is 11.6 Å². The van der Waals surface area contributed by atoms with Crippen molar-refractivity contribution in [3.63, 3.8) is 0 Å². The average Bonchev–Trinajstić information content (AvgIpc) is 2.30. The van der Waals surface area contributed by atoms with Crippen LogP contribution in [-0.2, 0) is 6.54 Å². The summed E-state index contributed by atoms with van der Waals surface area (Å²) in [6, 6.07) is 5.72. The number of rotatable bonds is 2. The summed E-state index contributed by atoms with van der Waals surface area (Å²) in [5, 5.41) is 0.421. The Kier molecular flexibility index (Phi) is 3.59. The van der Waals surface area contributed by atoms with Gasteiger partial charge in [-0.2, -0.15) is 0 Å². The average molecular weight is 272 g/mol. The minimum absolute atomic E-state index is 0.150. The zero-order valence-corrected chi connectivity index (χ0v) is 9.94. The van der Waals surface area contributed by atoms with E-state index < -0.39 is 17.5 Å². The molecule has 18 heavy (non-hydrogen) atoms. The zero-order valence-electron chi connectivity index (χ0n) is 9.18. The molecule has 2 N–H and O–H groups in total. The minimum atomic E-state index is -0.960. The Morgan fingerprint density at radius 1 is 1.00 bits per heavy atom. The lowest BCUT2D eigenvalue weighted by Gasteiger charge is -2.08.